The number of halogens is 4. The zero-order valence-corrected chi connectivity index (χ0v) is 8.62. The van der Waals surface area contributed by atoms with E-state index in [0.29, 0.717) is 0 Å². The first-order valence-electron chi connectivity index (χ1n) is 4.43. The molecule has 1 aromatic carbocycles. The Bertz CT molecular complexity index is 548. The molecule has 0 spiro atoms. The second-order valence-corrected chi connectivity index (χ2v) is 3.01. The molecule has 0 bridgehead atoms. The number of ether oxygens (including phenoxy) is 1. The van der Waals surface area contributed by atoms with Crippen molar-refractivity contribution in [2.45, 2.75) is 6.36 Å². The first-order valence-corrected chi connectivity index (χ1v) is 4.43. The van der Waals surface area contributed by atoms with Crippen molar-refractivity contribution in [2.75, 3.05) is 0 Å². The molecule has 0 atom stereocenters. The molecule has 0 N–H and O–H groups in total. The summed E-state index contributed by atoms with van der Waals surface area (Å²) in [4.78, 5) is 0. The monoisotopic (exact) mass is 256 g/mol. The zero-order chi connectivity index (χ0) is 13.8. The highest BCUT2D eigenvalue weighted by Crippen LogP contribution is 2.28. The molecule has 1 aromatic rings. The summed E-state index contributed by atoms with van der Waals surface area (Å²) in [5.74, 6) is -1.50. The van der Waals surface area contributed by atoms with E-state index < -0.39 is 23.5 Å². The molecule has 0 aliphatic heterocycles. The number of nitrogens with zero attached hydrogens (tertiary/aromatic N) is 2. The summed E-state index contributed by atoms with van der Waals surface area (Å²) >= 11 is 0. The van der Waals surface area contributed by atoms with E-state index in [1.807, 2.05) is 0 Å². The van der Waals surface area contributed by atoms with Crippen LogP contribution in [-0.4, -0.2) is 6.36 Å². The van der Waals surface area contributed by atoms with Crippen LogP contribution in [0.15, 0.2) is 23.8 Å². The normalized spacial score (nSPS) is 10.1. The third-order valence-corrected chi connectivity index (χ3v) is 1.74. The number of alkyl halides is 3. The van der Waals surface area contributed by atoms with Gasteiger partial charge in [0.1, 0.15) is 29.3 Å². The van der Waals surface area contributed by atoms with Crippen LogP contribution < -0.4 is 4.74 Å². The third-order valence-electron chi connectivity index (χ3n) is 1.74. The summed E-state index contributed by atoms with van der Waals surface area (Å²) in [5, 5.41) is 17.0. The molecule has 0 aromatic heterocycles. The predicted molar refractivity (Wildman–Crippen MR) is 52.3 cm³/mol. The summed E-state index contributed by atoms with van der Waals surface area (Å²) in [5.41, 5.74) is -0.807. The van der Waals surface area contributed by atoms with Crippen molar-refractivity contribution < 1.29 is 22.3 Å². The van der Waals surface area contributed by atoms with E-state index in [-0.39, 0.29) is 5.56 Å². The van der Waals surface area contributed by atoms with Gasteiger partial charge in [0.25, 0.3) is 0 Å². The average Bonchev–Trinajstić information content (AvgIpc) is 2.27. The van der Waals surface area contributed by atoms with Crippen molar-refractivity contribution in [1.82, 2.24) is 0 Å². The number of hydrogen-bond donors (Lipinski definition) is 0. The van der Waals surface area contributed by atoms with Crippen LogP contribution in [0.4, 0.5) is 17.6 Å². The molecule has 0 saturated carbocycles. The predicted octanol–water partition coefficient (Wildman–Crippen LogP) is 3.15. The maximum absolute atomic E-state index is 12.9. The van der Waals surface area contributed by atoms with Crippen molar-refractivity contribution in [3.05, 3.63) is 35.2 Å². The van der Waals surface area contributed by atoms with Gasteiger partial charge in [-0.2, -0.15) is 10.5 Å². The lowest BCUT2D eigenvalue weighted by molar-refractivity contribution is -0.274. The SMILES string of the molecule is N#CC(C#N)=Cc1cc(F)ccc1OC(F)(F)F. The van der Waals surface area contributed by atoms with Crippen molar-refractivity contribution in [3.8, 4) is 17.9 Å². The van der Waals surface area contributed by atoms with E-state index in [1.54, 1.807) is 0 Å². The minimum atomic E-state index is -4.94. The van der Waals surface area contributed by atoms with Gasteiger partial charge in [0.15, 0.2) is 0 Å². The van der Waals surface area contributed by atoms with Crippen LogP contribution in [0.5, 0.6) is 5.75 Å². The maximum Gasteiger partial charge on any atom is 0.573 e. The Kier molecular flexibility index (Phi) is 3.90. The number of benzene rings is 1. The van der Waals surface area contributed by atoms with Gasteiger partial charge in [-0.05, 0) is 24.3 Å². The highest BCUT2D eigenvalue weighted by molar-refractivity contribution is 5.66. The Morgan fingerprint density at radius 2 is 1.83 bits per heavy atom. The lowest BCUT2D eigenvalue weighted by atomic mass is 10.1. The Balaban J connectivity index is 3.26. The van der Waals surface area contributed by atoms with Gasteiger partial charge in [-0.15, -0.1) is 13.2 Å². The van der Waals surface area contributed by atoms with Crippen molar-refractivity contribution in [2.24, 2.45) is 0 Å². The highest BCUT2D eigenvalue weighted by Gasteiger charge is 2.32. The molecule has 3 nitrogen and oxygen atoms in total. The van der Waals surface area contributed by atoms with E-state index in [4.69, 9.17) is 10.5 Å². The van der Waals surface area contributed by atoms with Gasteiger partial charge in [0.05, 0.1) is 0 Å². The second-order valence-electron chi connectivity index (χ2n) is 3.01. The van der Waals surface area contributed by atoms with Crippen LogP contribution in [0.3, 0.4) is 0 Å². The molecule has 92 valence electrons. The summed E-state index contributed by atoms with van der Waals surface area (Å²) in [7, 11) is 0. The Labute approximate surface area is 99.1 Å². The van der Waals surface area contributed by atoms with Crippen LogP contribution in [0.1, 0.15) is 5.56 Å². The van der Waals surface area contributed by atoms with Gasteiger partial charge in [0, 0.05) is 5.56 Å². The molecular formula is C11H4F4N2O. The van der Waals surface area contributed by atoms with Crippen LogP contribution in [0.2, 0.25) is 0 Å². The van der Waals surface area contributed by atoms with Crippen LogP contribution >= 0.6 is 0 Å². The Morgan fingerprint density at radius 3 is 2.33 bits per heavy atom. The highest BCUT2D eigenvalue weighted by atomic mass is 19.4. The number of rotatable bonds is 2. The lowest BCUT2D eigenvalue weighted by Crippen LogP contribution is -2.17. The fourth-order valence-corrected chi connectivity index (χ4v) is 1.09. The van der Waals surface area contributed by atoms with Crippen LogP contribution in [-0.2, 0) is 0 Å². The Morgan fingerprint density at radius 1 is 1.22 bits per heavy atom. The quantitative estimate of drug-likeness (QED) is 0.603. The van der Waals surface area contributed by atoms with Gasteiger partial charge in [-0.3, -0.25) is 0 Å². The topological polar surface area (TPSA) is 56.8 Å². The molecular weight excluding hydrogens is 252 g/mol. The molecule has 0 amide bonds. The summed E-state index contributed by atoms with van der Waals surface area (Å²) in [6, 6.07) is 5.17. The smallest absolute Gasteiger partial charge is 0.405 e. The molecule has 0 fully saturated rings. The van der Waals surface area contributed by atoms with Crippen molar-refractivity contribution in [3.63, 3.8) is 0 Å². The molecule has 0 radical (unpaired) electrons. The second kappa shape index (κ2) is 5.19. The summed E-state index contributed by atoms with van der Waals surface area (Å²) < 4.78 is 52.7. The average molecular weight is 256 g/mol. The summed E-state index contributed by atoms with van der Waals surface area (Å²) in [6.07, 6.45) is -4.13. The largest absolute Gasteiger partial charge is 0.573 e. The van der Waals surface area contributed by atoms with E-state index in [9.17, 15) is 17.6 Å². The number of nitriles is 2. The van der Waals surface area contributed by atoms with Gasteiger partial charge in [-0.1, -0.05) is 0 Å². The van der Waals surface area contributed by atoms with Gasteiger partial charge in [0.2, 0.25) is 0 Å². The fraction of sp³-hybridized carbons (Fsp3) is 0.0909. The van der Waals surface area contributed by atoms with Gasteiger partial charge < -0.3 is 4.74 Å². The molecule has 0 unspecified atom stereocenters. The lowest BCUT2D eigenvalue weighted by Gasteiger charge is -2.11. The first-order chi connectivity index (χ1) is 8.35. The molecule has 0 aliphatic carbocycles. The first kappa shape index (κ1) is 13.5. The fourth-order valence-electron chi connectivity index (χ4n) is 1.09. The van der Waals surface area contributed by atoms with Crippen molar-refractivity contribution in [1.29, 1.82) is 10.5 Å². The standard InChI is InChI=1S/C11H4F4N2O/c12-9-1-2-10(18-11(13,14)15)8(4-9)3-7(5-16)6-17/h1-4H. The zero-order valence-electron chi connectivity index (χ0n) is 8.62. The van der Waals surface area contributed by atoms with Gasteiger partial charge in [-0.25, -0.2) is 4.39 Å². The van der Waals surface area contributed by atoms with Crippen LogP contribution in [0.25, 0.3) is 6.08 Å². The minimum absolute atomic E-state index is 0.342. The minimum Gasteiger partial charge on any atom is -0.405 e. The molecule has 0 aliphatic rings. The molecule has 18 heavy (non-hydrogen) atoms. The molecule has 7 heteroatoms. The number of hydrogen-bond acceptors (Lipinski definition) is 3. The maximum atomic E-state index is 12.9. The van der Waals surface area contributed by atoms with Crippen LogP contribution in [0, 0.1) is 28.5 Å². The number of allylic oxidation sites excluding steroid dienone is 1. The van der Waals surface area contributed by atoms with E-state index >= 15 is 0 Å². The van der Waals surface area contributed by atoms with E-state index in [0.717, 1.165) is 24.3 Å². The Hall–Kier alpha value is -2.54. The molecule has 0 heterocycles. The third kappa shape index (κ3) is 3.80. The summed E-state index contributed by atoms with van der Waals surface area (Å²) in [6.45, 7) is 0. The molecule has 1 rings (SSSR count). The van der Waals surface area contributed by atoms with E-state index in [1.165, 1.54) is 12.1 Å². The van der Waals surface area contributed by atoms with E-state index in [2.05, 4.69) is 4.74 Å². The van der Waals surface area contributed by atoms with Crippen molar-refractivity contribution >= 4 is 6.08 Å². The molecule has 0 saturated heterocycles. The van der Waals surface area contributed by atoms with Gasteiger partial charge >= 0.3 is 6.36 Å².